The van der Waals surface area contributed by atoms with E-state index in [9.17, 15) is 19.1 Å². The molecular formula is C11H12FNO4. The molecule has 0 spiro atoms. The average Bonchev–Trinajstić information content (AvgIpc) is 2.80. The van der Waals surface area contributed by atoms with E-state index in [1.54, 1.807) is 0 Å². The smallest absolute Gasteiger partial charge is 0.318 e. The summed E-state index contributed by atoms with van der Waals surface area (Å²) in [4.78, 5) is 23.0. The minimum atomic E-state index is -1.02. The minimum Gasteiger partial charge on any atom is -0.508 e. The molecule has 0 saturated carbocycles. The van der Waals surface area contributed by atoms with Crippen molar-refractivity contribution >= 4 is 11.9 Å². The maximum Gasteiger partial charge on any atom is 0.318 e. The molecule has 92 valence electrons. The van der Waals surface area contributed by atoms with Crippen LogP contribution in [-0.4, -0.2) is 30.6 Å². The third kappa shape index (κ3) is 1.90. The number of hydrogen-bond donors (Lipinski definition) is 2. The van der Waals surface area contributed by atoms with Gasteiger partial charge in [0.2, 0.25) is 5.91 Å². The number of nitrogens with one attached hydrogen (secondary N) is 1. The van der Waals surface area contributed by atoms with E-state index in [1.165, 1.54) is 13.2 Å². The van der Waals surface area contributed by atoms with Crippen LogP contribution in [0.2, 0.25) is 0 Å². The highest BCUT2D eigenvalue weighted by Gasteiger charge is 2.46. The summed E-state index contributed by atoms with van der Waals surface area (Å²) in [5.74, 6) is -4.21. The van der Waals surface area contributed by atoms with Crippen molar-refractivity contribution in [1.82, 2.24) is 5.32 Å². The molecule has 0 bridgehead atoms. The van der Waals surface area contributed by atoms with E-state index in [0.717, 1.165) is 6.08 Å². The first-order chi connectivity index (χ1) is 8.04. The van der Waals surface area contributed by atoms with Crippen LogP contribution < -0.4 is 5.32 Å². The number of amides is 1. The van der Waals surface area contributed by atoms with Gasteiger partial charge in [-0.15, -0.1) is 0 Å². The fourth-order valence-corrected chi connectivity index (χ4v) is 2.26. The molecule has 0 aromatic rings. The van der Waals surface area contributed by atoms with Gasteiger partial charge in [0.1, 0.15) is 17.5 Å². The zero-order valence-electron chi connectivity index (χ0n) is 9.14. The SMILES string of the molecule is COC(=O)[C@@H]1C(=O)NCC1C1C=C(O)C=C1F. The van der Waals surface area contributed by atoms with Crippen LogP contribution in [0.5, 0.6) is 0 Å². The van der Waals surface area contributed by atoms with Gasteiger partial charge in [-0.3, -0.25) is 9.59 Å². The van der Waals surface area contributed by atoms with E-state index in [1.807, 2.05) is 0 Å². The van der Waals surface area contributed by atoms with E-state index in [-0.39, 0.29) is 12.3 Å². The van der Waals surface area contributed by atoms with E-state index < -0.39 is 35.5 Å². The Bertz CT molecular complexity index is 429. The van der Waals surface area contributed by atoms with Crippen LogP contribution in [0.1, 0.15) is 0 Å². The summed E-state index contributed by atoms with van der Waals surface area (Å²) < 4.78 is 18.0. The number of esters is 1. The highest BCUT2D eigenvalue weighted by molar-refractivity contribution is 5.99. The first kappa shape index (κ1) is 11.6. The molecule has 0 aromatic heterocycles. The number of halogens is 1. The number of ether oxygens (including phenoxy) is 1. The van der Waals surface area contributed by atoms with Crippen molar-refractivity contribution < 1.29 is 23.8 Å². The number of carbonyl (C=O) groups excluding carboxylic acids is 2. The van der Waals surface area contributed by atoms with Gasteiger partial charge >= 0.3 is 5.97 Å². The van der Waals surface area contributed by atoms with Crippen molar-refractivity contribution in [3.05, 3.63) is 23.7 Å². The Morgan fingerprint density at radius 3 is 2.88 bits per heavy atom. The van der Waals surface area contributed by atoms with Crippen LogP contribution in [0.3, 0.4) is 0 Å². The Kier molecular flexibility index (Phi) is 2.87. The largest absolute Gasteiger partial charge is 0.508 e. The van der Waals surface area contributed by atoms with Crippen LogP contribution in [0.15, 0.2) is 23.7 Å². The van der Waals surface area contributed by atoms with Gasteiger partial charge in [-0.05, 0) is 6.08 Å². The molecule has 17 heavy (non-hydrogen) atoms. The first-order valence-corrected chi connectivity index (χ1v) is 5.18. The van der Waals surface area contributed by atoms with E-state index in [0.29, 0.717) is 0 Å². The molecule has 1 amide bonds. The predicted octanol–water partition coefficient (Wildman–Crippen LogP) is 0.447. The second-order valence-electron chi connectivity index (χ2n) is 4.06. The molecule has 2 aliphatic rings. The summed E-state index contributed by atoms with van der Waals surface area (Å²) in [6, 6.07) is 0. The lowest BCUT2D eigenvalue weighted by atomic mass is 9.84. The number of hydrogen-bond acceptors (Lipinski definition) is 4. The van der Waals surface area contributed by atoms with Crippen LogP contribution in [0, 0.1) is 17.8 Å². The van der Waals surface area contributed by atoms with Crippen molar-refractivity contribution in [3.63, 3.8) is 0 Å². The maximum atomic E-state index is 13.5. The molecule has 1 saturated heterocycles. The Morgan fingerprint density at radius 1 is 1.65 bits per heavy atom. The molecule has 5 nitrogen and oxygen atoms in total. The summed E-state index contributed by atoms with van der Waals surface area (Å²) in [7, 11) is 1.18. The first-order valence-electron chi connectivity index (χ1n) is 5.18. The molecule has 0 radical (unpaired) electrons. The van der Waals surface area contributed by atoms with Gasteiger partial charge in [0.05, 0.1) is 7.11 Å². The van der Waals surface area contributed by atoms with Crippen LogP contribution >= 0.6 is 0 Å². The highest BCUT2D eigenvalue weighted by atomic mass is 19.1. The Balaban J connectivity index is 2.24. The topological polar surface area (TPSA) is 75.6 Å². The molecule has 1 aliphatic carbocycles. The molecule has 1 aliphatic heterocycles. The molecule has 0 aromatic carbocycles. The van der Waals surface area contributed by atoms with Gasteiger partial charge in [-0.1, -0.05) is 0 Å². The number of allylic oxidation sites excluding steroid dienone is 3. The Morgan fingerprint density at radius 2 is 2.35 bits per heavy atom. The zero-order valence-corrected chi connectivity index (χ0v) is 9.14. The fraction of sp³-hybridized carbons (Fsp3) is 0.455. The minimum absolute atomic E-state index is 0.185. The number of aliphatic hydroxyl groups excluding tert-OH is 1. The Hall–Kier alpha value is -1.85. The number of aliphatic hydroxyl groups is 1. The second-order valence-corrected chi connectivity index (χ2v) is 4.06. The molecule has 1 fully saturated rings. The van der Waals surface area contributed by atoms with Gasteiger partial charge in [0.25, 0.3) is 0 Å². The van der Waals surface area contributed by atoms with Gasteiger partial charge in [0.15, 0.2) is 0 Å². The fourth-order valence-electron chi connectivity index (χ4n) is 2.26. The Labute approximate surface area is 96.9 Å². The molecule has 2 rings (SSSR count). The van der Waals surface area contributed by atoms with Crippen LogP contribution in [0.4, 0.5) is 4.39 Å². The molecule has 3 atom stereocenters. The third-order valence-electron chi connectivity index (χ3n) is 3.09. The lowest BCUT2D eigenvalue weighted by Crippen LogP contribution is -2.31. The van der Waals surface area contributed by atoms with Crippen molar-refractivity contribution in [2.24, 2.45) is 17.8 Å². The molecular weight excluding hydrogens is 229 g/mol. The van der Waals surface area contributed by atoms with Crippen molar-refractivity contribution in [3.8, 4) is 0 Å². The van der Waals surface area contributed by atoms with E-state index in [2.05, 4.69) is 10.1 Å². The van der Waals surface area contributed by atoms with Crippen LogP contribution in [-0.2, 0) is 14.3 Å². The summed E-state index contributed by atoms with van der Waals surface area (Å²) in [5, 5.41) is 11.7. The lowest BCUT2D eigenvalue weighted by molar-refractivity contribution is -0.150. The monoisotopic (exact) mass is 241 g/mol. The average molecular weight is 241 g/mol. The van der Waals surface area contributed by atoms with Crippen molar-refractivity contribution in [2.75, 3.05) is 13.7 Å². The summed E-state index contributed by atoms with van der Waals surface area (Å²) in [5.41, 5.74) is 0. The summed E-state index contributed by atoms with van der Waals surface area (Å²) >= 11 is 0. The highest BCUT2D eigenvalue weighted by Crippen LogP contribution is 2.37. The number of carbonyl (C=O) groups is 2. The van der Waals surface area contributed by atoms with Gasteiger partial charge in [-0.25, -0.2) is 4.39 Å². The van der Waals surface area contributed by atoms with Gasteiger partial charge in [0, 0.05) is 24.5 Å². The predicted molar refractivity (Wildman–Crippen MR) is 55.4 cm³/mol. The third-order valence-corrected chi connectivity index (χ3v) is 3.09. The lowest BCUT2D eigenvalue weighted by Gasteiger charge is -2.19. The van der Waals surface area contributed by atoms with Gasteiger partial charge in [-0.2, -0.15) is 0 Å². The zero-order chi connectivity index (χ0) is 12.6. The normalized spacial score (nSPS) is 31.9. The molecule has 6 heteroatoms. The van der Waals surface area contributed by atoms with E-state index in [4.69, 9.17) is 0 Å². The quantitative estimate of drug-likeness (QED) is 0.543. The molecule has 1 heterocycles. The summed E-state index contributed by atoms with van der Waals surface area (Å²) in [6.45, 7) is 0.189. The van der Waals surface area contributed by atoms with Crippen LogP contribution in [0.25, 0.3) is 0 Å². The standard InChI is InChI=1S/C11H12FNO4/c1-17-11(16)9-7(4-13-10(9)15)6-2-5(14)3-8(6)12/h2-3,6-7,9,14H,4H2,1H3,(H,13,15)/t6?,7?,9-/m0/s1. The van der Waals surface area contributed by atoms with Crippen molar-refractivity contribution in [2.45, 2.75) is 0 Å². The maximum absolute atomic E-state index is 13.5. The summed E-state index contributed by atoms with van der Waals surface area (Å²) in [6.07, 6.45) is 2.29. The van der Waals surface area contributed by atoms with E-state index >= 15 is 0 Å². The number of methoxy groups -OCH3 is 1. The van der Waals surface area contributed by atoms with Gasteiger partial charge < -0.3 is 15.2 Å². The molecule has 2 N–H and O–H groups in total. The molecule has 2 unspecified atom stereocenters. The second kappa shape index (κ2) is 4.20. The number of rotatable bonds is 2. The van der Waals surface area contributed by atoms with Crippen molar-refractivity contribution in [1.29, 1.82) is 0 Å².